The first-order chi connectivity index (χ1) is 16.5. The highest BCUT2D eigenvalue weighted by Gasteiger charge is 2.60. The van der Waals surface area contributed by atoms with Gasteiger partial charge in [-0.2, -0.15) is 5.26 Å². The fraction of sp³-hybridized carbons (Fsp3) is 0.462. The lowest BCUT2D eigenvalue weighted by Gasteiger charge is -2.37. The molecule has 1 aliphatic rings. The van der Waals surface area contributed by atoms with Crippen LogP contribution in [0.4, 0.5) is 0 Å². The molecule has 8 nitrogen and oxygen atoms in total. The third-order valence-electron chi connectivity index (χ3n) is 6.21. The van der Waals surface area contributed by atoms with Crippen LogP contribution in [-0.4, -0.2) is 46.8 Å². The SMILES string of the molecule is CC(C)(C)C[C@@H]1N[C@@H](C(=O)OC[C@@H](O)CC(N)=O)[C@H](c2cccc(Cl)c2)[C@@]1(C#N)c1cccnc1. The highest BCUT2D eigenvalue weighted by Crippen LogP contribution is 2.51. The molecule has 186 valence electrons. The summed E-state index contributed by atoms with van der Waals surface area (Å²) in [5.41, 5.74) is 5.17. The van der Waals surface area contributed by atoms with Gasteiger partial charge in [0.2, 0.25) is 5.91 Å². The molecule has 0 spiro atoms. The molecule has 1 amide bonds. The number of benzene rings is 1. The molecular formula is C26H31ClN4O4. The Morgan fingerprint density at radius 3 is 2.66 bits per heavy atom. The van der Waals surface area contributed by atoms with Crippen molar-refractivity contribution in [3.8, 4) is 6.07 Å². The van der Waals surface area contributed by atoms with E-state index in [2.05, 4.69) is 37.1 Å². The van der Waals surface area contributed by atoms with Gasteiger partial charge < -0.3 is 15.6 Å². The van der Waals surface area contributed by atoms with Gasteiger partial charge in [0.25, 0.3) is 0 Å². The molecule has 1 aromatic carbocycles. The number of nitriles is 1. The molecule has 0 aliphatic carbocycles. The number of ether oxygens (including phenoxy) is 1. The summed E-state index contributed by atoms with van der Waals surface area (Å²) < 4.78 is 5.41. The van der Waals surface area contributed by atoms with Crippen molar-refractivity contribution in [2.75, 3.05) is 6.61 Å². The molecule has 35 heavy (non-hydrogen) atoms. The van der Waals surface area contributed by atoms with E-state index < -0.39 is 48.0 Å². The molecule has 2 heterocycles. The number of primary amides is 1. The summed E-state index contributed by atoms with van der Waals surface area (Å²) in [6.45, 7) is 5.82. The van der Waals surface area contributed by atoms with Crippen LogP contribution in [0.25, 0.3) is 0 Å². The van der Waals surface area contributed by atoms with Crippen molar-refractivity contribution >= 4 is 23.5 Å². The van der Waals surface area contributed by atoms with Crippen LogP contribution < -0.4 is 11.1 Å². The number of esters is 1. The maximum absolute atomic E-state index is 13.4. The number of nitrogens with two attached hydrogens (primary N) is 1. The van der Waals surface area contributed by atoms with Crippen molar-refractivity contribution in [1.82, 2.24) is 10.3 Å². The molecule has 0 bridgehead atoms. The number of aliphatic hydroxyl groups excluding tert-OH is 1. The predicted octanol–water partition coefficient (Wildman–Crippen LogP) is 2.84. The fourth-order valence-corrected chi connectivity index (χ4v) is 5.07. The number of hydrogen-bond donors (Lipinski definition) is 3. The number of amides is 1. The number of carbonyl (C=O) groups is 2. The van der Waals surface area contributed by atoms with Gasteiger partial charge in [-0.3, -0.25) is 19.9 Å². The summed E-state index contributed by atoms with van der Waals surface area (Å²) in [7, 11) is 0. The molecule has 9 heteroatoms. The highest BCUT2D eigenvalue weighted by atomic mass is 35.5. The Balaban J connectivity index is 2.11. The molecule has 0 saturated carbocycles. The van der Waals surface area contributed by atoms with Crippen LogP contribution in [0, 0.1) is 16.7 Å². The number of pyridine rings is 1. The largest absolute Gasteiger partial charge is 0.462 e. The van der Waals surface area contributed by atoms with Crippen LogP contribution in [0.15, 0.2) is 48.8 Å². The summed E-state index contributed by atoms with van der Waals surface area (Å²) in [5.74, 6) is -2.00. The van der Waals surface area contributed by atoms with E-state index in [0.29, 0.717) is 22.6 Å². The van der Waals surface area contributed by atoms with Gasteiger partial charge in [-0.25, -0.2) is 0 Å². The third kappa shape index (κ3) is 5.99. The first-order valence-corrected chi connectivity index (χ1v) is 11.8. The lowest BCUT2D eigenvalue weighted by Crippen LogP contribution is -2.44. The average molecular weight is 499 g/mol. The molecule has 0 radical (unpaired) electrons. The van der Waals surface area contributed by atoms with Crippen molar-refractivity contribution in [1.29, 1.82) is 5.26 Å². The van der Waals surface area contributed by atoms with Crippen molar-refractivity contribution in [2.45, 2.75) is 63.1 Å². The number of nitrogens with zero attached hydrogens (tertiary/aromatic N) is 2. The van der Waals surface area contributed by atoms with E-state index in [1.165, 1.54) is 0 Å². The Labute approximate surface area is 210 Å². The lowest BCUT2D eigenvalue weighted by atomic mass is 9.63. The molecule has 3 rings (SSSR count). The van der Waals surface area contributed by atoms with Crippen molar-refractivity contribution < 1.29 is 19.4 Å². The Morgan fingerprint density at radius 1 is 1.34 bits per heavy atom. The molecule has 5 atom stereocenters. The topological polar surface area (TPSA) is 138 Å². The standard InChI is InChI=1S/C26H31ClN4O4/c1-25(2,3)12-20-26(15-28,17-7-5-9-30-13-17)22(16-6-4-8-18(27)10-16)23(31-20)24(34)35-14-19(32)11-21(29)33/h4-10,13,19-20,22-23,31-32H,11-12,14H2,1-3H3,(H2,29,33)/t19-,20-,22-,23+,26-/m0/s1. The average Bonchev–Trinajstić information content (AvgIpc) is 3.11. The molecule has 1 aromatic heterocycles. The summed E-state index contributed by atoms with van der Waals surface area (Å²) in [4.78, 5) is 28.7. The van der Waals surface area contributed by atoms with Crippen molar-refractivity contribution in [3.05, 3.63) is 64.9 Å². The minimum atomic E-state index is -1.22. The number of aromatic nitrogens is 1. The zero-order valence-corrected chi connectivity index (χ0v) is 20.8. The number of hydrogen-bond acceptors (Lipinski definition) is 7. The molecular weight excluding hydrogens is 468 g/mol. The van der Waals surface area contributed by atoms with Gasteiger partial charge in [0.15, 0.2) is 0 Å². The predicted molar refractivity (Wildman–Crippen MR) is 131 cm³/mol. The van der Waals surface area contributed by atoms with E-state index in [1.54, 1.807) is 36.7 Å². The molecule has 1 saturated heterocycles. The second-order valence-electron chi connectivity index (χ2n) is 10.2. The Bertz CT molecular complexity index is 1100. The van der Waals surface area contributed by atoms with Crippen molar-refractivity contribution in [3.63, 3.8) is 0 Å². The van der Waals surface area contributed by atoms with Crippen molar-refractivity contribution in [2.24, 2.45) is 11.1 Å². The minimum absolute atomic E-state index is 0.169. The van der Waals surface area contributed by atoms with Crippen LogP contribution in [0.3, 0.4) is 0 Å². The third-order valence-corrected chi connectivity index (χ3v) is 6.45. The fourth-order valence-electron chi connectivity index (χ4n) is 4.88. The monoisotopic (exact) mass is 498 g/mol. The summed E-state index contributed by atoms with van der Waals surface area (Å²) in [6, 6.07) is 11.9. The highest BCUT2D eigenvalue weighted by molar-refractivity contribution is 6.30. The molecule has 1 fully saturated rings. The Morgan fingerprint density at radius 2 is 2.09 bits per heavy atom. The zero-order chi connectivity index (χ0) is 25.8. The van der Waals surface area contributed by atoms with Gasteiger partial charge in [-0.15, -0.1) is 0 Å². The number of aliphatic hydroxyl groups is 1. The van der Waals surface area contributed by atoms with E-state index in [-0.39, 0.29) is 11.8 Å². The molecule has 4 N–H and O–H groups in total. The second kappa shape index (κ2) is 10.7. The maximum atomic E-state index is 13.4. The van der Waals surface area contributed by atoms with Gasteiger partial charge in [-0.1, -0.05) is 50.6 Å². The first kappa shape index (κ1) is 26.6. The maximum Gasteiger partial charge on any atom is 0.323 e. The molecule has 2 aromatic rings. The Kier molecular flexibility index (Phi) is 8.16. The summed E-state index contributed by atoms with van der Waals surface area (Å²) in [5, 5.41) is 24.6. The smallest absolute Gasteiger partial charge is 0.323 e. The Hall–Kier alpha value is -2.99. The van der Waals surface area contributed by atoms with E-state index >= 15 is 0 Å². The summed E-state index contributed by atoms with van der Waals surface area (Å²) >= 11 is 6.32. The summed E-state index contributed by atoms with van der Waals surface area (Å²) in [6.07, 6.45) is 2.33. The first-order valence-electron chi connectivity index (χ1n) is 11.4. The molecule has 1 aliphatic heterocycles. The van der Waals surface area contributed by atoms with Crippen LogP contribution in [-0.2, 0) is 19.7 Å². The van der Waals surface area contributed by atoms with Gasteiger partial charge in [-0.05, 0) is 41.2 Å². The van der Waals surface area contributed by atoms with Gasteiger partial charge in [0, 0.05) is 29.4 Å². The van der Waals surface area contributed by atoms with Gasteiger partial charge in [0.05, 0.1) is 18.6 Å². The van der Waals surface area contributed by atoms with Crippen LogP contribution in [0.5, 0.6) is 0 Å². The number of halogens is 1. The number of rotatable bonds is 8. The number of carbonyl (C=O) groups excluding carboxylic acids is 2. The normalized spacial score (nSPS) is 25.0. The zero-order valence-electron chi connectivity index (χ0n) is 20.1. The minimum Gasteiger partial charge on any atom is -0.462 e. The van der Waals surface area contributed by atoms with E-state index in [9.17, 15) is 20.0 Å². The van der Waals surface area contributed by atoms with Crippen LogP contribution >= 0.6 is 11.6 Å². The van der Waals surface area contributed by atoms with Gasteiger partial charge in [0.1, 0.15) is 18.1 Å². The van der Waals surface area contributed by atoms with E-state index in [1.807, 2.05) is 12.1 Å². The van der Waals surface area contributed by atoms with E-state index in [0.717, 1.165) is 0 Å². The van der Waals surface area contributed by atoms with E-state index in [4.69, 9.17) is 22.1 Å². The quantitative estimate of drug-likeness (QED) is 0.475. The molecule has 0 unspecified atom stereocenters. The van der Waals surface area contributed by atoms with Gasteiger partial charge >= 0.3 is 5.97 Å². The number of nitrogens with one attached hydrogen (secondary N) is 1. The van der Waals surface area contributed by atoms with Crippen LogP contribution in [0.2, 0.25) is 5.02 Å². The lowest BCUT2D eigenvalue weighted by molar-refractivity contribution is -0.150. The second-order valence-corrected chi connectivity index (χ2v) is 10.6. The van der Waals surface area contributed by atoms with Crippen LogP contribution in [0.1, 0.15) is 50.7 Å².